The van der Waals surface area contributed by atoms with Crippen molar-refractivity contribution < 1.29 is 5.11 Å². The monoisotopic (exact) mass is 262 g/mol. The van der Waals surface area contributed by atoms with E-state index in [1.807, 2.05) is 0 Å². The summed E-state index contributed by atoms with van der Waals surface area (Å²) in [6.07, 6.45) is 14.0. The lowest BCUT2D eigenvalue weighted by molar-refractivity contribution is -0.0675. The molecule has 1 nitrogen and oxygen atoms in total. The molecule has 108 valence electrons. The van der Waals surface area contributed by atoms with E-state index in [1.165, 1.54) is 51.4 Å². The molecule has 19 heavy (non-hydrogen) atoms. The normalized spacial score (nSPS) is 57.2. The maximum atomic E-state index is 9.94. The molecule has 0 heterocycles. The third kappa shape index (κ3) is 1.91. The average molecular weight is 262 g/mol. The summed E-state index contributed by atoms with van der Waals surface area (Å²) in [4.78, 5) is 0. The van der Waals surface area contributed by atoms with E-state index in [0.717, 1.165) is 42.4 Å². The minimum atomic E-state index is 0.0261. The van der Waals surface area contributed by atoms with Gasteiger partial charge in [0.25, 0.3) is 0 Å². The average Bonchev–Trinajstić information content (AvgIpc) is 2.79. The van der Waals surface area contributed by atoms with Crippen LogP contribution in [-0.4, -0.2) is 11.2 Å². The number of rotatable bonds is 0. The summed E-state index contributed by atoms with van der Waals surface area (Å²) in [5.74, 6) is 4.99. The fraction of sp³-hybridized carbons (Fsp3) is 1.00. The van der Waals surface area contributed by atoms with Gasteiger partial charge in [-0.2, -0.15) is 0 Å². The van der Waals surface area contributed by atoms with Crippen LogP contribution >= 0.6 is 0 Å². The summed E-state index contributed by atoms with van der Waals surface area (Å²) in [6, 6.07) is 0. The molecule has 0 bridgehead atoms. The lowest BCUT2D eigenvalue weighted by Gasteiger charge is -2.55. The summed E-state index contributed by atoms with van der Waals surface area (Å²) in [6.45, 7) is 2.59. The second-order valence-electron chi connectivity index (χ2n) is 8.49. The van der Waals surface area contributed by atoms with Crippen LogP contribution in [0.1, 0.15) is 71.1 Å². The summed E-state index contributed by atoms with van der Waals surface area (Å²) in [5, 5.41) is 9.94. The molecule has 4 saturated carbocycles. The van der Waals surface area contributed by atoms with Crippen molar-refractivity contribution >= 4 is 0 Å². The number of aliphatic hydroxyl groups is 1. The topological polar surface area (TPSA) is 20.2 Å². The molecule has 0 amide bonds. The van der Waals surface area contributed by atoms with E-state index in [2.05, 4.69) is 6.92 Å². The van der Waals surface area contributed by atoms with Gasteiger partial charge >= 0.3 is 0 Å². The van der Waals surface area contributed by atoms with Gasteiger partial charge in [-0.1, -0.05) is 13.3 Å². The first-order chi connectivity index (χ1) is 9.17. The molecule has 0 spiro atoms. The van der Waals surface area contributed by atoms with E-state index >= 15 is 0 Å². The summed E-state index contributed by atoms with van der Waals surface area (Å²) >= 11 is 0. The zero-order valence-electron chi connectivity index (χ0n) is 12.5. The van der Waals surface area contributed by atoms with Crippen molar-refractivity contribution in [3.8, 4) is 0 Å². The van der Waals surface area contributed by atoms with Crippen LogP contribution in [0, 0.1) is 35.0 Å². The highest BCUT2D eigenvalue weighted by atomic mass is 16.3. The molecule has 7 unspecified atom stereocenters. The molecular weight excluding hydrogens is 232 g/mol. The lowest BCUT2D eigenvalue weighted by atomic mass is 9.50. The second kappa shape index (κ2) is 4.48. The molecule has 0 aromatic rings. The van der Waals surface area contributed by atoms with Gasteiger partial charge in [-0.15, -0.1) is 0 Å². The van der Waals surface area contributed by atoms with Crippen molar-refractivity contribution in [1.29, 1.82) is 0 Å². The summed E-state index contributed by atoms with van der Waals surface area (Å²) < 4.78 is 0. The van der Waals surface area contributed by atoms with E-state index < -0.39 is 0 Å². The Kier molecular flexibility index (Phi) is 2.99. The number of fused-ring (bicyclic) bond motifs is 5. The number of hydrogen-bond donors (Lipinski definition) is 1. The largest absolute Gasteiger partial charge is 0.393 e. The molecule has 0 aliphatic heterocycles. The Bertz CT molecular complexity index is 352. The van der Waals surface area contributed by atoms with E-state index in [-0.39, 0.29) is 6.10 Å². The Labute approximate surface area is 118 Å². The predicted molar refractivity (Wildman–Crippen MR) is 77.7 cm³/mol. The van der Waals surface area contributed by atoms with Gasteiger partial charge in [0.1, 0.15) is 0 Å². The Morgan fingerprint density at radius 2 is 1.68 bits per heavy atom. The van der Waals surface area contributed by atoms with E-state index in [4.69, 9.17) is 0 Å². The highest BCUT2D eigenvalue weighted by Crippen LogP contribution is 2.62. The minimum Gasteiger partial charge on any atom is -0.393 e. The van der Waals surface area contributed by atoms with Gasteiger partial charge in [-0.3, -0.25) is 0 Å². The molecule has 0 aromatic heterocycles. The van der Waals surface area contributed by atoms with Gasteiger partial charge in [0.05, 0.1) is 6.10 Å². The summed E-state index contributed by atoms with van der Waals surface area (Å²) in [5.41, 5.74) is 0.711. The molecule has 7 atom stereocenters. The van der Waals surface area contributed by atoms with Crippen LogP contribution in [0.3, 0.4) is 0 Å². The van der Waals surface area contributed by atoms with Gasteiger partial charge in [-0.25, -0.2) is 0 Å². The molecule has 1 N–H and O–H groups in total. The Morgan fingerprint density at radius 1 is 0.842 bits per heavy atom. The molecular formula is C18H30O. The Balaban J connectivity index is 1.56. The minimum absolute atomic E-state index is 0.0261. The molecule has 4 rings (SSSR count). The number of hydrogen-bond acceptors (Lipinski definition) is 1. The van der Waals surface area contributed by atoms with E-state index in [1.54, 1.807) is 0 Å². The van der Waals surface area contributed by atoms with Crippen LogP contribution in [0.25, 0.3) is 0 Å². The predicted octanol–water partition coefficient (Wildman–Crippen LogP) is 4.39. The fourth-order valence-electron chi connectivity index (χ4n) is 6.82. The highest BCUT2D eigenvalue weighted by Gasteiger charge is 2.53. The van der Waals surface area contributed by atoms with E-state index in [0.29, 0.717) is 5.41 Å². The molecule has 4 aliphatic rings. The third-order valence-corrected chi connectivity index (χ3v) is 7.71. The Morgan fingerprint density at radius 3 is 2.58 bits per heavy atom. The van der Waals surface area contributed by atoms with Crippen LogP contribution in [0.4, 0.5) is 0 Å². The van der Waals surface area contributed by atoms with Gasteiger partial charge in [0.15, 0.2) is 0 Å². The van der Waals surface area contributed by atoms with Crippen molar-refractivity contribution in [2.24, 2.45) is 35.0 Å². The first-order valence-electron chi connectivity index (χ1n) is 8.85. The molecule has 0 saturated heterocycles. The quantitative estimate of drug-likeness (QED) is 0.686. The SMILES string of the molecule is CC12CCCC1C1CCC3CC(O)CCC3C1CC2. The van der Waals surface area contributed by atoms with Crippen molar-refractivity contribution in [1.82, 2.24) is 0 Å². The number of aliphatic hydroxyl groups excluding tert-OH is 1. The molecule has 1 heteroatoms. The standard InChI is InChI=1S/C18H30O/c1-18-9-2-3-17(18)16-6-4-12-11-13(19)5-7-14(12)15(16)8-10-18/h12-17,19H,2-11H2,1H3. The van der Waals surface area contributed by atoms with Crippen molar-refractivity contribution in [2.75, 3.05) is 0 Å². The Hall–Kier alpha value is -0.0400. The van der Waals surface area contributed by atoms with E-state index in [9.17, 15) is 5.11 Å². The summed E-state index contributed by atoms with van der Waals surface area (Å²) in [7, 11) is 0. The highest BCUT2D eigenvalue weighted by molar-refractivity contribution is 5.03. The first-order valence-corrected chi connectivity index (χ1v) is 8.85. The van der Waals surface area contributed by atoms with Gasteiger partial charge < -0.3 is 5.11 Å². The maximum Gasteiger partial charge on any atom is 0.0543 e. The van der Waals surface area contributed by atoms with Crippen LogP contribution in [0.5, 0.6) is 0 Å². The lowest BCUT2D eigenvalue weighted by Crippen LogP contribution is -2.47. The van der Waals surface area contributed by atoms with Crippen molar-refractivity contribution in [3.05, 3.63) is 0 Å². The van der Waals surface area contributed by atoms with Crippen LogP contribution in [0.2, 0.25) is 0 Å². The van der Waals surface area contributed by atoms with Crippen LogP contribution in [0.15, 0.2) is 0 Å². The molecule has 4 aliphatic carbocycles. The molecule has 0 aromatic carbocycles. The third-order valence-electron chi connectivity index (χ3n) is 7.71. The first kappa shape index (κ1) is 12.7. The second-order valence-corrected chi connectivity index (χ2v) is 8.49. The molecule has 0 radical (unpaired) electrons. The van der Waals surface area contributed by atoms with Crippen molar-refractivity contribution in [2.45, 2.75) is 77.2 Å². The van der Waals surface area contributed by atoms with Gasteiger partial charge in [-0.05, 0) is 92.8 Å². The van der Waals surface area contributed by atoms with Gasteiger partial charge in [0.2, 0.25) is 0 Å². The molecule has 4 fully saturated rings. The zero-order valence-corrected chi connectivity index (χ0v) is 12.5. The van der Waals surface area contributed by atoms with Crippen LogP contribution in [-0.2, 0) is 0 Å². The van der Waals surface area contributed by atoms with Crippen LogP contribution < -0.4 is 0 Å². The fourth-order valence-corrected chi connectivity index (χ4v) is 6.82. The van der Waals surface area contributed by atoms with Gasteiger partial charge in [0, 0.05) is 0 Å². The smallest absolute Gasteiger partial charge is 0.0543 e. The maximum absolute atomic E-state index is 9.94. The zero-order chi connectivity index (χ0) is 13.0. The van der Waals surface area contributed by atoms with Crippen molar-refractivity contribution in [3.63, 3.8) is 0 Å².